The Bertz CT molecular complexity index is 1030. The van der Waals surface area contributed by atoms with Gasteiger partial charge in [0.25, 0.3) is 0 Å². The molecule has 1 heterocycles. The summed E-state index contributed by atoms with van der Waals surface area (Å²) in [7, 11) is -3.55. The number of nitrogens with one attached hydrogen (secondary N) is 1. The molecule has 2 aliphatic rings. The van der Waals surface area contributed by atoms with E-state index >= 15 is 0 Å². The summed E-state index contributed by atoms with van der Waals surface area (Å²) in [6.45, 7) is 0.771. The molecule has 7 heteroatoms. The molecule has 2 aromatic carbocycles. The number of amides is 1. The molecule has 0 bridgehead atoms. The average molecular weight is 431 g/mol. The number of halogens is 1. The molecule has 1 fully saturated rings. The van der Waals surface area contributed by atoms with Crippen molar-refractivity contribution in [2.45, 2.75) is 50.0 Å². The number of sulfonamides is 1. The van der Waals surface area contributed by atoms with Gasteiger partial charge < -0.3 is 5.32 Å². The molecule has 0 spiro atoms. The number of rotatable bonds is 5. The maximum atomic E-state index is 13.7. The topological polar surface area (TPSA) is 66.5 Å². The van der Waals surface area contributed by atoms with Crippen molar-refractivity contribution in [1.82, 2.24) is 9.62 Å². The number of piperidine rings is 1. The van der Waals surface area contributed by atoms with Crippen LogP contribution in [0.4, 0.5) is 4.39 Å². The maximum Gasteiger partial charge on any atom is 0.243 e. The van der Waals surface area contributed by atoms with Gasteiger partial charge in [-0.05, 0) is 67.9 Å². The molecule has 1 aliphatic heterocycles. The Kier molecular flexibility index (Phi) is 6.20. The van der Waals surface area contributed by atoms with Crippen LogP contribution in [0.15, 0.2) is 47.4 Å². The smallest absolute Gasteiger partial charge is 0.243 e. The van der Waals surface area contributed by atoms with E-state index in [4.69, 9.17) is 0 Å². The van der Waals surface area contributed by atoms with Gasteiger partial charge in [-0.25, -0.2) is 12.8 Å². The zero-order valence-electron chi connectivity index (χ0n) is 16.9. The molecule has 0 aromatic heterocycles. The fourth-order valence-electron chi connectivity index (χ4n) is 4.35. The van der Waals surface area contributed by atoms with Crippen molar-refractivity contribution in [3.8, 4) is 0 Å². The zero-order valence-corrected chi connectivity index (χ0v) is 17.8. The van der Waals surface area contributed by atoms with E-state index in [2.05, 4.69) is 5.32 Å². The van der Waals surface area contributed by atoms with Crippen LogP contribution in [0.5, 0.6) is 0 Å². The minimum atomic E-state index is -3.55. The summed E-state index contributed by atoms with van der Waals surface area (Å²) in [5.41, 5.74) is 2.84. The highest BCUT2D eigenvalue weighted by Crippen LogP contribution is 2.28. The first kappa shape index (κ1) is 21.0. The van der Waals surface area contributed by atoms with E-state index in [0.29, 0.717) is 36.4 Å². The van der Waals surface area contributed by atoms with Crippen LogP contribution in [-0.4, -0.2) is 31.7 Å². The first-order valence-electron chi connectivity index (χ1n) is 10.6. The third-order valence-electron chi connectivity index (χ3n) is 6.19. The molecule has 1 amide bonds. The standard InChI is InChI=1S/C23H27FN2O3S/c24-22-8-4-3-7-20(22)16-25-23(27)18-11-13-26(14-12-18)30(28,29)21-10-9-17-5-1-2-6-19(17)15-21/h3-4,7-10,15,18H,1-2,5-6,11-14,16H2,(H,25,27). The first-order chi connectivity index (χ1) is 14.4. The number of carbonyl (C=O) groups is 1. The molecule has 0 atom stereocenters. The van der Waals surface area contributed by atoms with E-state index in [1.165, 1.54) is 15.9 Å². The molecule has 0 radical (unpaired) electrons. The third-order valence-corrected chi connectivity index (χ3v) is 8.09. The van der Waals surface area contributed by atoms with Crippen LogP contribution in [0.2, 0.25) is 0 Å². The van der Waals surface area contributed by atoms with Gasteiger partial charge >= 0.3 is 0 Å². The van der Waals surface area contributed by atoms with Gasteiger partial charge in [-0.15, -0.1) is 0 Å². The predicted octanol–water partition coefficient (Wildman–Crippen LogP) is 3.42. The molecular formula is C23H27FN2O3S. The molecular weight excluding hydrogens is 403 g/mol. The van der Waals surface area contributed by atoms with Gasteiger partial charge in [0, 0.05) is 31.1 Å². The van der Waals surface area contributed by atoms with Crippen LogP contribution in [0.25, 0.3) is 0 Å². The van der Waals surface area contributed by atoms with Crippen molar-refractivity contribution in [2.24, 2.45) is 5.92 Å². The molecule has 1 N–H and O–H groups in total. The summed E-state index contributed by atoms with van der Waals surface area (Å²) in [5.74, 6) is -0.750. The number of nitrogens with zero attached hydrogens (tertiary/aromatic N) is 1. The van der Waals surface area contributed by atoms with E-state index in [1.807, 2.05) is 12.1 Å². The average Bonchev–Trinajstić information content (AvgIpc) is 2.78. The Morgan fingerprint density at radius 1 is 1.03 bits per heavy atom. The van der Waals surface area contributed by atoms with E-state index in [0.717, 1.165) is 31.2 Å². The highest BCUT2D eigenvalue weighted by Gasteiger charge is 2.32. The number of aryl methyl sites for hydroxylation is 2. The molecule has 0 saturated carbocycles. The van der Waals surface area contributed by atoms with Gasteiger partial charge in [-0.1, -0.05) is 24.3 Å². The van der Waals surface area contributed by atoms with Crippen molar-refractivity contribution in [2.75, 3.05) is 13.1 Å². The predicted molar refractivity (Wildman–Crippen MR) is 113 cm³/mol. The Hall–Kier alpha value is -2.25. The Labute approximate surface area is 177 Å². The molecule has 2 aromatic rings. The molecule has 5 nitrogen and oxygen atoms in total. The van der Waals surface area contributed by atoms with E-state index in [9.17, 15) is 17.6 Å². The van der Waals surface area contributed by atoms with Crippen LogP contribution in [-0.2, 0) is 34.2 Å². The second kappa shape index (κ2) is 8.86. The monoisotopic (exact) mass is 430 g/mol. The highest BCUT2D eigenvalue weighted by molar-refractivity contribution is 7.89. The number of fused-ring (bicyclic) bond motifs is 1. The summed E-state index contributed by atoms with van der Waals surface area (Å²) >= 11 is 0. The number of carbonyl (C=O) groups excluding carboxylic acids is 1. The number of hydrogen-bond donors (Lipinski definition) is 1. The van der Waals surface area contributed by atoms with Crippen molar-refractivity contribution >= 4 is 15.9 Å². The fourth-order valence-corrected chi connectivity index (χ4v) is 5.87. The van der Waals surface area contributed by atoms with Gasteiger partial charge in [-0.2, -0.15) is 4.31 Å². The van der Waals surface area contributed by atoms with E-state index < -0.39 is 10.0 Å². The quantitative estimate of drug-likeness (QED) is 0.790. The van der Waals surface area contributed by atoms with Gasteiger partial charge in [-0.3, -0.25) is 4.79 Å². The summed E-state index contributed by atoms with van der Waals surface area (Å²) in [5, 5.41) is 2.78. The van der Waals surface area contributed by atoms with Crippen molar-refractivity contribution in [3.63, 3.8) is 0 Å². The minimum Gasteiger partial charge on any atom is -0.352 e. The second-order valence-electron chi connectivity index (χ2n) is 8.13. The zero-order chi connectivity index (χ0) is 21.1. The summed E-state index contributed by atoms with van der Waals surface area (Å²) in [6.07, 6.45) is 5.14. The highest BCUT2D eigenvalue weighted by atomic mass is 32.2. The SMILES string of the molecule is O=C(NCc1ccccc1F)C1CCN(S(=O)(=O)c2ccc3c(c2)CCCC3)CC1. The van der Waals surface area contributed by atoms with Crippen LogP contribution < -0.4 is 5.32 Å². The summed E-state index contributed by atoms with van der Waals surface area (Å²) in [6, 6.07) is 11.8. The molecule has 160 valence electrons. The Morgan fingerprint density at radius 2 is 1.73 bits per heavy atom. The lowest BCUT2D eigenvalue weighted by atomic mass is 9.92. The lowest BCUT2D eigenvalue weighted by Crippen LogP contribution is -2.42. The lowest BCUT2D eigenvalue weighted by molar-refractivity contribution is -0.126. The maximum absolute atomic E-state index is 13.7. The molecule has 0 unspecified atom stereocenters. The van der Waals surface area contributed by atoms with Gasteiger partial charge in [0.2, 0.25) is 15.9 Å². The normalized spacial score (nSPS) is 18.0. The van der Waals surface area contributed by atoms with Crippen LogP contribution >= 0.6 is 0 Å². The van der Waals surface area contributed by atoms with E-state index in [-0.39, 0.29) is 24.2 Å². The van der Waals surface area contributed by atoms with Gasteiger partial charge in [0.15, 0.2) is 0 Å². The third kappa shape index (κ3) is 4.42. The molecule has 1 saturated heterocycles. The van der Waals surface area contributed by atoms with Crippen LogP contribution in [0, 0.1) is 11.7 Å². The molecule has 4 rings (SSSR count). The van der Waals surface area contributed by atoms with E-state index in [1.54, 1.807) is 24.3 Å². The van der Waals surface area contributed by atoms with Crippen LogP contribution in [0.1, 0.15) is 42.4 Å². The summed E-state index contributed by atoms with van der Waals surface area (Å²) in [4.78, 5) is 12.8. The lowest BCUT2D eigenvalue weighted by Gasteiger charge is -2.31. The van der Waals surface area contributed by atoms with Crippen LogP contribution in [0.3, 0.4) is 0 Å². The van der Waals surface area contributed by atoms with Gasteiger partial charge in [0.1, 0.15) is 5.82 Å². The minimum absolute atomic E-state index is 0.138. The molecule has 30 heavy (non-hydrogen) atoms. The fraction of sp³-hybridized carbons (Fsp3) is 0.435. The Balaban J connectivity index is 1.35. The largest absolute Gasteiger partial charge is 0.352 e. The van der Waals surface area contributed by atoms with Crippen molar-refractivity contribution in [1.29, 1.82) is 0 Å². The summed E-state index contributed by atoms with van der Waals surface area (Å²) < 4.78 is 41.4. The second-order valence-corrected chi connectivity index (χ2v) is 10.1. The Morgan fingerprint density at radius 3 is 2.47 bits per heavy atom. The number of hydrogen-bond acceptors (Lipinski definition) is 3. The number of benzene rings is 2. The molecule has 1 aliphatic carbocycles. The van der Waals surface area contributed by atoms with Gasteiger partial charge in [0.05, 0.1) is 4.90 Å². The van der Waals surface area contributed by atoms with Crippen molar-refractivity contribution < 1.29 is 17.6 Å². The van der Waals surface area contributed by atoms with Crippen molar-refractivity contribution in [3.05, 3.63) is 65.0 Å². The first-order valence-corrected chi connectivity index (χ1v) is 12.0.